The zero-order valence-electron chi connectivity index (χ0n) is 19.2. The van der Waals surface area contributed by atoms with Gasteiger partial charge in [0.2, 0.25) is 0 Å². The highest BCUT2D eigenvalue weighted by Gasteiger charge is 2.18. The van der Waals surface area contributed by atoms with E-state index in [4.69, 9.17) is 5.41 Å². The molecular formula is C32H23N3. The second-order valence-corrected chi connectivity index (χ2v) is 8.82. The van der Waals surface area contributed by atoms with Crippen molar-refractivity contribution in [3.05, 3.63) is 131 Å². The lowest BCUT2D eigenvalue weighted by atomic mass is 9.89. The van der Waals surface area contributed by atoms with E-state index in [0.717, 1.165) is 40.8 Å². The van der Waals surface area contributed by atoms with Crippen LogP contribution in [0.4, 0.5) is 0 Å². The molecule has 35 heavy (non-hydrogen) atoms. The fourth-order valence-electron chi connectivity index (χ4n) is 5.11. The minimum atomic E-state index is 0.488. The molecule has 0 atom stereocenters. The van der Waals surface area contributed by atoms with Crippen LogP contribution in [-0.4, -0.2) is 10.3 Å². The van der Waals surface area contributed by atoms with Gasteiger partial charge in [0.15, 0.2) is 0 Å². The first-order chi connectivity index (χ1) is 17.2. The third-order valence-electron chi connectivity index (χ3n) is 6.75. The van der Waals surface area contributed by atoms with Crippen LogP contribution in [0.1, 0.15) is 29.5 Å². The molecule has 1 aliphatic rings. The number of nitrogens with one attached hydrogen (secondary N) is 1. The predicted octanol–water partition coefficient (Wildman–Crippen LogP) is 7.83. The molecule has 1 heterocycles. The standard InChI is InChI=1S/C32H23N3/c33-21-22-9-7-11-24(19-22)32(34)25-12-8-10-23(20-25)26-13-1-4-16-29(26)35-30-17-5-2-14-27(30)28-15-3-6-18-31(28)35/h1-7,9-11,13-20,34H,8,12H2. The molecule has 1 aliphatic carbocycles. The maximum absolute atomic E-state index is 9.27. The molecule has 0 bridgehead atoms. The van der Waals surface area contributed by atoms with Gasteiger partial charge in [-0.3, -0.25) is 5.41 Å². The Morgan fingerprint density at radius 2 is 1.49 bits per heavy atom. The number of para-hydroxylation sites is 3. The second-order valence-electron chi connectivity index (χ2n) is 8.82. The Morgan fingerprint density at radius 1 is 0.800 bits per heavy atom. The fraction of sp³-hybridized carbons (Fsp3) is 0.0625. The topological polar surface area (TPSA) is 52.6 Å². The van der Waals surface area contributed by atoms with Gasteiger partial charge in [0.1, 0.15) is 0 Å². The number of fused-ring (bicyclic) bond motifs is 3. The fourth-order valence-corrected chi connectivity index (χ4v) is 5.11. The molecule has 1 aromatic heterocycles. The molecule has 0 amide bonds. The number of nitriles is 1. The Morgan fingerprint density at radius 3 is 2.23 bits per heavy atom. The van der Waals surface area contributed by atoms with Crippen LogP contribution in [0.2, 0.25) is 0 Å². The van der Waals surface area contributed by atoms with Gasteiger partial charge >= 0.3 is 0 Å². The summed E-state index contributed by atoms with van der Waals surface area (Å²) in [5.74, 6) is 0. The van der Waals surface area contributed by atoms with E-state index < -0.39 is 0 Å². The number of hydrogen-bond acceptors (Lipinski definition) is 2. The van der Waals surface area contributed by atoms with Gasteiger partial charge in [-0.05, 0) is 60.4 Å². The van der Waals surface area contributed by atoms with Crippen molar-refractivity contribution in [3.8, 4) is 11.8 Å². The summed E-state index contributed by atoms with van der Waals surface area (Å²) in [6.45, 7) is 0. The van der Waals surface area contributed by atoms with Crippen LogP contribution in [0.5, 0.6) is 0 Å². The van der Waals surface area contributed by atoms with E-state index in [0.29, 0.717) is 11.3 Å². The lowest BCUT2D eigenvalue weighted by molar-refractivity contribution is 1.00. The summed E-state index contributed by atoms with van der Waals surface area (Å²) in [6, 6.07) is 35.1. The molecule has 0 fully saturated rings. The first-order valence-corrected chi connectivity index (χ1v) is 11.8. The monoisotopic (exact) mass is 449 g/mol. The highest BCUT2D eigenvalue weighted by Crippen LogP contribution is 2.36. The van der Waals surface area contributed by atoms with E-state index in [-0.39, 0.29) is 0 Å². The van der Waals surface area contributed by atoms with E-state index >= 15 is 0 Å². The van der Waals surface area contributed by atoms with E-state index in [9.17, 15) is 5.26 Å². The largest absolute Gasteiger partial charge is 0.309 e. The number of nitrogens with zero attached hydrogens (tertiary/aromatic N) is 2. The predicted molar refractivity (Wildman–Crippen MR) is 144 cm³/mol. The summed E-state index contributed by atoms with van der Waals surface area (Å²) in [5, 5.41) is 20.6. The van der Waals surface area contributed by atoms with E-state index in [2.05, 4.69) is 95.6 Å². The van der Waals surface area contributed by atoms with Crippen molar-refractivity contribution in [2.45, 2.75) is 12.8 Å². The Kier molecular flexibility index (Phi) is 5.13. The van der Waals surface area contributed by atoms with Crippen molar-refractivity contribution in [2.75, 3.05) is 0 Å². The minimum Gasteiger partial charge on any atom is -0.309 e. The van der Waals surface area contributed by atoms with Gasteiger partial charge in [0, 0.05) is 21.9 Å². The van der Waals surface area contributed by atoms with Crippen LogP contribution in [0, 0.1) is 16.7 Å². The molecule has 166 valence electrons. The zero-order chi connectivity index (χ0) is 23.8. The lowest BCUT2D eigenvalue weighted by Crippen LogP contribution is -2.07. The summed E-state index contributed by atoms with van der Waals surface area (Å²) < 4.78 is 2.35. The number of rotatable bonds is 4. The third-order valence-corrected chi connectivity index (χ3v) is 6.75. The minimum absolute atomic E-state index is 0.488. The number of allylic oxidation sites excluding steroid dienone is 4. The Balaban J connectivity index is 1.49. The first-order valence-electron chi connectivity index (χ1n) is 11.8. The molecule has 0 spiro atoms. The maximum atomic E-state index is 9.27. The van der Waals surface area contributed by atoms with Gasteiger partial charge in [-0.2, -0.15) is 5.26 Å². The maximum Gasteiger partial charge on any atom is 0.0991 e. The summed E-state index contributed by atoms with van der Waals surface area (Å²) in [4.78, 5) is 0. The van der Waals surface area contributed by atoms with Crippen molar-refractivity contribution in [2.24, 2.45) is 0 Å². The van der Waals surface area contributed by atoms with E-state index in [1.54, 1.807) is 12.1 Å². The smallest absolute Gasteiger partial charge is 0.0991 e. The normalized spacial score (nSPS) is 13.3. The van der Waals surface area contributed by atoms with Crippen LogP contribution in [0.25, 0.3) is 33.1 Å². The molecule has 3 heteroatoms. The van der Waals surface area contributed by atoms with Crippen molar-refractivity contribution in [1.82, 2.24) is 4.57 Å². The summed E-state index contributed by atoms with van der Waals surface area (Å²) in [6.07, 6.45) is 6.12. The van der Waals surface area contributed by atoms with Crippen LogP contribution in [0.3, 0.4) is 0 Å². The molecule has 0 saturated carbocycles. The quantitative estimate of drug-likeness (QED) is 0.279. The molecule has 5 aromatic rings. The van der Waals surface area contributed by atoms with Crippen LogP contribution in [0.15, 0.2) is 115 Å². The lowest BCUT2D eigenvalue weighted by Gasteiger charge is -2.19. The summed E-state index contributed by atoms with van der Waals surface area (Å²) >= 11 is 0. The van der Waals surface area contributed by atoms with Gasteiger partial charge in [-0.15, -0.1) is 0 Å². The Hall–Kier alpha value is -4.68. The van der Waals surface area contributed by atoms with E-state index in [1.807, 2.05) is 12.1 Å². The molecule has 0 saturated heterocycles. The molecule has 0 aliphatic heterocycles. The van der Waals surface area contributed by atoms with Gasteiger partial charge in [0.05, 0.1) is 34.1 Å². The summed E-state index contributed by atoms with van der Waals surface area (Å²) in [7, 11) is 0. The number of hydrogen-bond donors (Lipinski definition) is 1. The molecule has 4 aromatic carbocycles. The van der Waals surface area contributed by atoms with Crippen molar-refractivity contribution >= 4 is 33.1 Å². The Bertz CT molecular complexity index is 1670. The molecular weight excluding hydrogens is 426 g/mol. The SMILES string of the molecule is N#Cc1cccc(C(=N)C2=CC(c3ccccc3-n3c4ccccc4c4ccccc43)=CCC2)c1. The van der Waals surface area contributed by atoms with Gasteiger partial charge in [-0.25, -0.2) is 0 Å². The number of aromatic nitrogens is 1. The Labute approximate surface area is 204 Å². The molecule has 3 nitrogen and oxygen atoms in total. The van der Waals surface area contributed by atoms with Gasteiger partial charge < -0.3 is 4.57 Å². The highest BCUT2D eigenvalue weighted by molar-refractivity contribution is 6.13. The number of benzene rings is 4. The van der Waals surface area contributed by atoms with Crippen LogP contribution >= 0.6 is 0 Å². The molecule has 1 N–H and O–H groups in total. The summed E-state index contributed by atoms with van der Waals surface area (Å²) in [5.41, 5.74) is 8.62. The van der Waals surface area contributed by atoms with Crippen molar-refractivity contribution in [1.29, 1.82) is 10.7 Å². The molecule has 6 rings (SSSR count). The first kappa shape index (κ1) is 20.9. The second kappa shape index (κ2) is 8.59. The molecule has 0 unspecified atom stereocenters. The van der Waals surface area contributed by atoms with Gasteiger partial charge in [-0.1, -0.05) is 72.8 Å². The zero-order valence-corrected chi connectivity index (χ0v) is 19.2. The average Bonchev–Trinajstić information content (AvgIpc) is 3.27. The third kappa shape index (κ3) is 3.57. The van der Waals surface area contributed by atoms with Crippen molar-refractivity contribution in [3.63, 3.8) is 0 Å². The van der Waals surface area contributed by atoms with Crippen LogP contribution < -0.4 is 0 Å². The van der Waals surface area contributed by atoms with Gasteiger partial charge in [0.25, 0.3) is 0 Å². The van der Waals surface area contributed by atoms with E-state index in [1.165, 1.54) is 21.8 Å². The average molecular weight is 450 g/mol. The van der Waals surface area contributed by atoms with Crippen molar-refractivity contribution < 1.29 is 0 Å². The van der Waals surface area contributed by atoms with Crippen LogP contribution in [-0.2, 0) is 0 Å². The molecule has 0 radical (unpaired) electrons. The highest BCUT2D eigenvalue weighted by atomic mass is 15.0.